The van der Waals surface area contributed by atoms with Gasteiger partial charge in [0.2, 0.25) is 0 Å². The highest BCUT2D eigenvalue weighted by Gasteiger charge is 2.22. The number of hydrogen-bond donors (Lipinski definition) is 1. The summed E-state index contributed by atoms with van der Waals surface area (Å²) >= 11 is 11.7. The molecule has 0 aromatic heterocycles. The van der Waals surface area contributed by atoms with Crippen molar-refractivity contribution in [2.45, 2.75) is 0 Å². The third kappa shape index (κ3) is 4.25. The van der Waals surface area contributed by atoms with E-state index in [0.717, 1.165) is 22.0 Å². The van der Waals surface area contributed by atoms with Gasteiger partial charge in [0.25, 0.3) is 5.91 Å². The van der Waals surface area contributed by atoms with Crippen molar-refractivity contribution in [3.05, 3.63) is 32.7 Å². The van der Waals surface area contributed by atoms with Gasteiger partial charge in [0.05, 0.1) is 4.99 Å². The second kappa shape index (κ2) is 6.98. The molecule has 1 amide bonds. The summed E-state index contributed by atoms with van der Waals surface area (Å²) in [6.45, 7) is 3.63. The van der Waals surface area contributed by atoms with Crippen LogP contribution in [0.4, 0.5) is 0 Å². The number of halogens is 2. The van der Waals surface area contributed by atoms with Crippen LogP contribution in [0.25, 0.3) is 0 Å². The molecule has 0 atom stereocenters. The lowest BCUT2D eigenvalue weighted by Crippen LogP contribution is -2.50. The van der Waals surface area contributed by atoms with E-state index in [1.54, 1.807) is 0 Å². The van der Waals surface area contributed by atoms with Gasteiger partial charge in [0.1, 0.15) is 0 Å². The van der Waals surface area contributed by atoms with Gasteiger partial charge in [0.15, 0.2) is 0 Å². The van der Waals surface area contributed by atoms with E-state index in [4.69, 9.17) is 18.0 Å². The van der Waals surface area contributed by atoms with Gasteiger partial charge in [-0.05, 0) is 18.2 Å². The normalized spacial score (nSPS) is 16.2. The summed E-state index contributed by atoms with van der Waals surface area (Å²) in [6.07, 6.45) is 0. The quantitative estimate of drug-likeness (QED) is 0.762. The van der Waals surface area contributed by atoms with Gasteiger partial charge in [0, 0.05) is 47.2 Å². The molecule has 7 heteroatoms. The molecular formula is C13H15Br2N3OS. The number of rotatable bonds is 3. The molecule has 1 aliphatic heterocycles. The highest BCUT2D eigenvalue weighted by molar-refractivity contribution is 9.11. The van der Waals surface area contributed by atoms with E-state index in [1.165, 1.54) is 0 Å². The van der Waals surface area contributed by atoms with Gasteiger partial charge in [-0.25, -0.2) is 0 Å². The molecule has 108 valence electrons. The summed E-state index contributed by atoms with van der Waals surface area (Å²) < 4.78 is 1.78. The van der Waals surface area contributed by atoms with Crippen molar-refractivity contribution in [2.24, 2.45) is 5.73 Å². The number of piperazine rings is 1. The zero-order chi connectivity index (χ0) is 14.7. The molecule has 1 aromatic carbocycles. The van der Waals surface area contributed by atoms with Gasteiger partial charge < -0.3 is 10.6 Å². The number of hydrogen-bond acceptors (Lipinski definition) is 3. The predicted octanol–water partition coefficient (Wildman–Crippen LogP) is 2.26. The fraction of sp³-hybridized carbons (Fsp3) is 0.385. The first-order valence-electron chi connectivity index (χ1n) is 6.22. The van der Waals surface area contributed by atoms with E-state index in [1.807, 2.05) is 23.1 Å². The van der Waals surface area contributed by atoms with E-state index in [-0.39, 0.29) is 5.91 Å². The number of nitrogens with zero attached hydrogens (tertiary/aromatic N) is 2. The Morgan fingerprint density at radius 3 is 2.20 bits per heavy atom. The largest absolute Gasteiger partial charge is 0.392 e. The molecular weight excluding hydrogens is 406 g/mol. The lowest BCUT2D eigenvalue weighted by atomic mass is 10.2. The van der Waals surface area contributed by atoms with Gasteiger partial charge in [-0.15, -0.1) is 0 Å². The minimum absolute atomic E-state index is 0.0574. The fourth-order valence-electron chi connectivity index (χ4n) is 2.19. The molecule has 0 aliphatic carbocycles. The van der Waals surface area contributed by atoms with E-state index in [0.29, 0.717) is 30.2 Å². The molecule has 0 saturated carbocycles. The zero-order valence-electron chi connectivity index (χ0n) is 10.8. The first-order valence-corrected chi connectivity index (χ1v) is 8.21. The second-order valence-electron chi connectivity index (χ2n) is 4.69. The lowest BCUT2D eigenvalue weighted by Gasteiger charge is -2.34. The molecule has 1 fully saturated rings. The topological polar surface area (TPSA) is 49.6 Å². The SMILES string of the molecule is NC(=S)CN1CCN(C(=O)c2cc(Br)cc(Br)c2)CC1. The maximum atomic E-state index is 12.4. The molecule has 0 radical (unpaired) electrons. The maximum Gasteiger partial charge on any atom is 0.254 e. The average Bonchev–Trinajstić information content (AvgIpc) is 2.37. The molecule has 0 bridgehead atoms. The molecule has 4 nitrogen and oxygen atoms in total. The minimum Gasteiger partial charge on any atom is -0.392 e. The van der Waals surface area contributed by atoms with Gasteiger partial charge >= 0.3 is 0 Å². The molecule has 1 aliphatic rings. The van der Waals surface area contributed by atoms with Crippen LogP contribution in [-0.4, -0.2) is 53.4 Å². The third-order valence-electron chi connectivity index (χ3n) is 3.15. The van der Waals surface area contributed by atoms with Gasteiger partial charge in [-0.1, -0.05) is 44.1 Å². The average molecular weight is 421 g/mol. The van der Waals surface area contributed by atoms with Gasteiger partial charge in [-0.2, -0.15) is 0 Å². The Morgan fingerprint density at radius 1 is 1.15 bits per heavy atom. The summed E-state index contributed by atoms with van der Waals surface area (Å²) in [7, 11) is 0. The van der Waals surface area contributed by atoms with Crippen molar-refractivity contribution in [2.75, 3.05) is 32.7 Å². The highest BCUT2D eigenvalue weighted by atomic mass is 79.9. The molecule has 1 heterocycles. The number of nitrogens with two attached hydrogens (primary N) is 1. The molecule has 0 unspecified atom stereocenters. The summed E-state index contributed by atoms with van der Waals surface area (Å²) in [5.74, 6) is 0.0574. The summed E-state index contributed by atoms with van der Waals surface area (Å²) in [4.78, 5) is 17.0. The van der Waals surface area contributed by atoms with Crippen LogP contribution < -0.4 is 5.73 Å². The van der Waals surface area contributed by atoms with Crippen LogP contribution in [0.2, 0.25) is 0 Å². The molecule has 1 saturated heterocycles. The third-order valence-corrected chi connectivity index (χ3v) is 4.19. The Bertz CT molecular complexity index is 510. The summed E-state index contributed by atoms with van der Waals surface area (Å²) in [5, 5.41) is 0. The molecule has 1 aromatic rings. The predicted molar refractivity (Wildman–Crippen MR) is 91.0 cm³/mol. The Labute approximate surface area is 140 Å². The first kappa shape index (κ1) is 15.9. The second-order valence-corrected chi connectivity index (χ2v) is 7.05. The number of benzene rings is 1. The van der Waals surface area contributed by atoms with Crippen LogP contribution >= 0.6 is 44.1 Å². The van der Waals surface area contributed by atoms with Crippen molar-refractivity contribution < 1.29 is 4.79 Å². The molecule has 0 spiro atoms. The summed E-state index contributed by atoms with van der Waals surface area (Å²) in [5.41, 5.74) is 6.23. The van der Waals surface area contributed by atoms with E-state index in [9.17, 15) is 4.79 Å². The Morgan fingerprint density at radius 2 is 1.70 bits per heavy atom. The van der Waals surface area contributed by atoms with Crippen molar-refractivity contribution in [3.63, 3.8) is 0 Å². The van der Waals surface area contributed by atoms with Crippen LogP contribution in [0.3, 0.4) is 0 Å². The maximum absolute atomic E-state index is 12.4. The number of thiocarbonyl (C=S) groups is 1. The van der Waals surface area contributed by atoms with Crippen LogP contribution in [0.15, 0.2) is 27.1 Å². The Kier molecular flexibility index (Phi) is 5.54. The van der Waals surface area contributed by atoms with Crippen molar-refractivity contribution in [1.29, 1.82) is 0 Å². The van der Waals surface area contributed by atoms with E-state index >= 15 is 0 Å². The summed E-state index contributed by atoms with van der Waals surface area (Å²) in [6, 6.07) is 5.60. The van der Waals surface area contributed by atoms with Crippen LogP contribution in [-0.2, 0) is 0 Å². The number of amides is 1. The fourth-order valence-corrected chi connectivity index (χ4v) is 3.67. The Balaban J connectivity index is 1.99. The van der Waals surface area contributed by atoms with Crippen LogP contribution in [0.5, 0.6) is 0 Å². The molecule has 2 N–H and O–H groups in total. The number of carbonyl (C=O) groups excluding carboxylic acids is 1. The van der Waals surface area contributed by atoms with Crippen molar-refractivity contribution in [3.8, 4) is 0 Å². The Hall–Kier alpha value is -0.500. The lowest BCUT2D eigenvalue weighted by molar-refractivity contribution is 0.0654. The van der Waals surface area contributed by atoms with Crippen molar-refractivity contribution in [1.82, 2.24) is 9.80 Å². The van der Waals surface area contributed by atoms with Crippen LogP contribution in [0.1, 0.15) is 10.4 Å². The van der Waals surface area contributed by atoms with E-state index < -0.39 is 0 Å². The van der Waals surface area contributed by atoms with Crippen molar-refractivity contribution >= 4 is 55.0 Å². The monoisotopic (exact) mass is 419 g/mol. The highest BCUT2D eigenvalue weighted by Crippen LogP contribution is 2.21. The molecule has 2 rings (SSSR count). The number of carbonyl (C=O) groups is 1. The zero-order valence-corrected chi connectivity index (χ0v) is 14.8. The van der Waals surface area contributed by atoms with Crippen LogP contribution in [0, 0.1) is 0 Å². The minimum atomic E-state index is 0.0574. The smallest absolute Gasteiger partial charge is 0.254 e. The standard InChI is InChI=1S/C13H15Br2N3OS/c14-10-5-9(6-11(15)7-10)13(19)18-3-1-17(2-4-18)8-12(16)20/h5-7H,1-4,8H2,(H2,16,20). The van der Waals surface area contributed by atoms with E-state index in [2.05, 4.69) is 36.8 Å². The van der Waals surface area contributed by atoms with Gasteiger partial charge in [-0.3, -0.25) is 9.69 Å². The first-order chi connectivity index (χ1) is 9.45. The molecule has 20 heavy (non-hydrogen) atoms.